The third kappa shape index (κ3) is 3.60. The Hall–Kier alpha value is -2.86. The van der Waals surface area contributed by atoms with Gasteiger partial charge < -0.3 is 19.7 Å². The SMILES string of the molecule is COC(=O)[C@H]1CC[C@@H](n2c(Nc3ccccc3)nc3ccc(CO)cc32)CC1. The minimum Gasteiger partial charge on any atom is -0.469 e. The third-order valence-electron chi connectivity index (χ3n) is 5.56. The van der Waals surface area contributed by atoms with Crippen LogP contribution in [0.1, 0.15) is 37.3 Å². The van der Waals surface area contributed by atoms with Gasteiger partial charge in [0.15, 0.2) is 0 Å². The second kappa shape index (κ2) is 8.02. The molecule has 1 aliphatic rings. The lowest BCUT2D eigenvalue weighted by Gasteiger charge is -2.29. The molecule has 0 unspecified atom stereocenters. The van der Waals surface area contributed by atoms with Gasteiger partial charge in [0.05, 0.1) is 30.7 Å². The molecule has 6 heteroatoms. The number of nitrogens with zero attached hydrogens (tertiary/aromatic N) is 2. The number of hydrogen-bond donors (Lipinski definition) is 2. The van der Waals surface area contributed by atoms with E-state index in [2.05, 4.69) is 9.88 Å². The molecule has 0 bridgehead atoms. The number of aliphatic hydroxyl groups is 1. The molecule has 0 amide bonds. The molecule has 1 aliphatic carbocycles. The van der Waals surface area contributed by atoms with E-state index in [1.165, 1.54) is 7.11 Å². The second-order valence-electron chi connectivity index (χ2n) is 7.31. The Kier molecular flexibility index (Phi) is 5.30. The van der Waals surface area contributed by atoms with Crippen molar-refractivity contribution in [2.45, 2.75) is 38.3 Å². The van der Waals surface area contributed by atoms with Crippen LogP contribution in [-0.2, 0) is 16.1 Å². The zero-order valence-corrected chi connectivity index (χ0v) is 16.0. The summed E-state index contributed by atoms with van der Waals surface area (Å²) in [6.45, 7) is -0.00233. The Balaban J connectivity index is 1.70. The van der Waals surface area contributed by atoms with E-state index in [0.717, 1.165) is 53.9 Å². The van der Waals surface area contributed by atoms with E-state index in [1.807, 2.05) is 48.5 Å². The number of esters is 1. The lowest BCUT2D eigenvalue weighted by molar-refractivity contribution is -0.146. The maximum absolute atomic E-state index is 11.9. The van der Waals surface area contributed by atoms with Crippen molar-refractivity contribution in [3.8, 4) is 0 Å². The van der Waals surface area contributed by atoms with Crippen LogP contribution in [0.15, 0.2) is 48.5 Å². The molecule has 0 radical (unpaired) electrons. The lowest BCUT2D eigenvalue weighted by Crippen LogP contribution is -2.25. The highest BCUT2D eigenvalue weighted by Crippen LogP contribution is 2.38. The number of rotatable bonds is 5. The zero-order valence-electron chi connectivity index (χ0n) is 16.0. The van der Waals surface area contributed by atoms with Crippen LogP contribution >= 0.6 is 0 Å². The standard InChI is InChI=1S/C22H25N3O3/c1-28-21(27)16-8-10-18(11-9-16)25-20-13-15(14-26)7-12-19(20)24-22(25)23-17-5-3-2-4-6-17/h2-7,12-13,16,18,26H,8-11,14H2,1H3,(H,23,24)/t16-,18+. The van der Waals surface area contributed by atoms with Crippen molar-refractivity contribution in [1.29, 1.82) is 0 Å². The molecule has 6 nitrogen and oxygen atoms in total. The van der Waals surface area contributed by atoms with Crippen molar-refractivity contribution in [1.82, 2.24) is 9.55 Å². The lowest BCUT2D eigenvalue weighted by atomic mass is 9.86. The van der Waals surface area contributed by atoms with Crippen molar-refractivity contribution in [2.24, 2.45) is 5.92 Å². The summed E-state index contributed by atoms with van der Waals surface area (Å²) in [5, 5.41) is 13.0. The Labute approximate surface area is 164 Å². The highest BCUT2D eigenvalue weighted by Gasteiger charge is 2.30. The number of fused-ring (bicyclic) bond motifs is 1. The number of anilines is 2. The van der Waals surface area contributed by atoms with Crippen molar-refractivity contribution in [2.75, 3.05) is 12.4 Å². The van der Waals surface area contributed by atoms with E-state index in [4.69, 9.17) is 9.72 Å². The first kappa shape index (κ1) is 18.5. The van der Waals surface area contributed by atoms with Crippen LogP contribution in [-0.4, -0.2) is 27.7 Å². The summed E-state index contributed by atoms with van der Waals surface area (Å²) in [4.78, 5) is 16.7. The van der Waals surface area contributed by atoms with Gasteiger partial charge in [-0.05, 0) is 55.5 Å². The molecule has 1 aromatic heterocycles. The quantitative estimate of drug-likeness (QED) is 0.651. The predicted molar refractivity (Wildman–Crippen MR) is 108 cm³/mol. The van der Waals surface area contributed by atoms with Gasteiger partial charge in [-0.2, -0.15) is 0 Å². The number of ether oxygens (including phenoxy) is 1. The Morgan fingerprint density at radius 2 is 1.93 bits per heavy atom. The fourth-order valence-electron chi connectivity index (χ4n) is 4.08. The molecule has 0 saturated heterocycles. The van der Waals surface area contributed by atoms with Gasteiger partial charge in [-0.3, -0.25) is 4.79 Å². The number of carbonyl (C=O) groups is 1. The average molecular weight is 379 g/mol. The maximum atomic E-state index is 11.9. The minimum absolute atomic E-state index is 0.00233. The highest BCUT2D eigenvalue weighted by molar-refractivity contribution is 5.81. The fraction of sp³-hybridized carbons (Fsp3) is 0.364. The topological polar surface area (TPSA) is 76.4 Å². The average Bonchev–Trinajstić information content (AvgIpc) is 3.10. The minimum atomic E-state index is -0.112. The predicted octanol–water partition coefficient (Wildman–Crippen LogP) is 4.18. The molecule has 146 valence electrons. The fourth-order valence-corrected chi connectivity index (χ4v) is 4.08. The number of nitrogens with one attached hydrogen (secondary N) is 1. The van der Waals surface area contributed by atoms with Crippen LogP contribution in [0.25, 0.3) is 11.0 Å². The molecule has 1 saturated carbocycles. The number of hydrogen-bond acceptors (Lipinski definition) is 5. The van der Waals surface area contributed by atoms with Gasteiger partial charge >= 0.3 is 5.97 Å². The molecular formula is C22H25N3O3. The molecule has 4 rings (SSSR count). The van der Waals surface area contributed by atoms with Crippen molar-refractivity contribution < 1.29 is 14.6 Å². The number of methoxy groups -OCH3 is 1. The van der Waals surface area contributed by atoms with E-state index >= 15 is 0 Å². The smallest absolute Gasteiger partial charge is 0.308 e. The maximum Gasteiger partial charge on any atom is 0.308 e. The summed E-state index contributed by atoms with van der Waals surface area (Å²) < 4.78 is 7.15. The summed E-state index contributed by atoms with van der Waals surface area (Å²) in [6, 6.07) is 16.1. The normalized spacial score (nSPS) is 19.5. The van der Waals surface area contributed by atoms with Gasteiger partial charge in [-0.15, -0.1) is 0 Å². The third-order valence-corrected chi connectivity index (χ3v) is 5.56. The molecule has 2 aromatic carbocycles. The summed E-state index contributed by atoms with van der Waals surface area (Å²) in [7, 11) is 1.45. The van der Waals surface area contributed by atoms with Crippen molar-refractivity contribution in [3.63, 3.8) is 0 Å². The molecule has 0 atom stereocenters. The monoisotopic (exact) mass is 379 g/mol. The molecule has 1 heterocycles. The van der Waals surface area contributed by atoms with E-state index in [0.29, 0.717) is 0 Å². The first-order valence-corrected chi connectivity index (χ1v) is 9.71. The van der Waals surface area contributed by atoms with Gasteiger partial charge in [0.2, 0.25) is 5.95 Å². The summed E-state index contributed by atoms with van der Waals surface area (Å²) >= 11 is 0. The molecule has 3 aromatic rings. The molecule has 2 N–H and O–H groups in total. The van der Waals surface area contributed by atoms with Crippen LogP contribution < -0.4 is 5.32 Å². The number of aromatic nitrogens is 2. The molecular weight excluding hydrogens is 354 g/mol. The van der Waals surface area contributed by atoms with Gasteiger partial charge in [0, 0.05) is 11.7 Å². The molecule has 0 aliphatic heterocycles. The van der Waals surface area contributed by atoms with Crippen LogP contribution in [0.3, 0.4) is 0 Å². The van der Waals surface area contributed by atoms with Gasteiger partial charge in [-0.1, -0.05) is 24.3 Å². The van der Waals surface area contributed by atoms with Crippen LogP contribution in [0.4, 0.5) is 11.6 Å². The van der Waals surface area contributed by atoms with Gasteiger partial charge in [0.25, 0.3) is 0 Å². The van der Waals surface area contributed by atoms with Crippen molar-refractivity contribution >= 4 is 28.6 Å². The van der Waals surface area contributed by atoms with E-state index < -0.39 is 0 Å². The number of aliphatic hydroxyl groups excluding tert-OH is 1. The Morgan fingerprint density at radius 1 is 1.18 bits per heavy atom. The second-order valence-corrected chi connectivity index (χ2v) is 7.31. The molecule has 0 spiro atoms. The van der Waals surface area contributed by atoms with Gasteiger partial charge in [-0.25, -0.2) is 4.98 Å². The van der Waals surface area contributed by atoms with Crippen LogP contribution in [0.2, 0.25) is 0 Å². The van der Waals surface area contributed by atoms with Crippen LogP contribution in [0.5, 0.6) is 0 Å². The van der Waals surface area contributed by atoms with E-state index in [9.17, 15) is 9.90 Å². The molecule has 1 fully saturated rings. The van der Waals surface area contributed by atoms with E-state index in [1.54, 1.807) is 0 Å². The summed E-state index contributed by atoms with van der Waals surface area (Å²) in [5.74, 6) is 0.659. The van der Waals surface area contributed by atoms with Gasteiger partial charge in [0.1, 0.15) is 0 Å². The molecule has 28 heavy (non-hydrogen) atoms. The largest absolute Gasteiger partial charge is 0.469 e. The number of imidazole rings is 1. The first-order valence-electron chi connectivity index (χ1n) is 9.71. The van der Waals surface area contributed by atoms with Crippen LogP contribution in [0, 0.1) is 5.92 Å². The number of carbonyl (C=O) groups excluding carboxylic acids is 1. The van der Waals surface area contributed by atoms with E-state index in [-0.39, 0.29) is 24.5 Å². The van der Waals surface area contributed by atoms with Crippen molar-refractivity contribution in [3.05, 3.63) is 54.1 Å². The zero-order chi connectivity index (χ0) is 19.5. The Bertz CT molecular complexity index is 960. The first-order chi connectivity index (χ1) is 13.7. The summed E-state index contributed by atoms with van der Waals surface area (Å²) in [5.41, 5.74) is 3.74. The Morgan fingerprint density at radius 3 is 2.61 bits per heavy atom. The number of para-hydroxylation sites is 1. The number of benzene rings is 2. The summed E-state index contributed by atoms with van der Waals surface area (Å²) in [6.07, 6.45) is 3.39. The highest BCUT2D eigenvalue weighted by atomic mass is 16.5.